The van der Waals surface area contributed by atoms with Crippen LogP contribution in [-0.2, 0) is 0 Å². The molecule has 8 heteroatoms. The van der Waals surface area contributed by atoms with Crippen molar-refractivity contribution in [1.29, 1.82) is 0 Å². The van der Waals surface area contributed by atoms with Gasteiger partial charge in [-0.25, -0.2) is 4.39 Å². The molecule has 2 aromatic carbocycles. The lowest BCUT2D eigenvalue weighted by Crippen LogP contribution is -2.05. The van der Waals surface area contributed by atoms with Crippen LogP contribution >= 0.6 is 0 Å². The molecule has 3 rings (SSSR count). The van der Waals surface area contributed by atoms with Gasteiger partial charge in [-0.2, -0.15) is 0 Å². The van der Waals surface area contributed by atoms with Crippen LogP contribution < -0.4 is 4.74 Å². The van der Waals surface area contributed by atoms with Crippen molar-refractivity contribution in [2.45, 2.75) is 13.0 Å². The standard InChI is InChI=1S/C16H12FN3O4/c1-10(23-14-9-12(17)7-8-13(14)20(21)22)15-18-19-16(24-15)11-5-3-2-4-6-11/h2-10H,1H3/t10-/m0/s1. The van der Waals surface area contributed by atoms with Gasteiger partial charge in [0.05, 0.1) is 4.92 Å². The van der Waals surface area contributed by atoms with Crippen molar-refractivity contribution in [2.24, 2.45) is 0 Å². The zero-order chi connectivity index (χ0) is 17.1. The molecule has 1 aromatic heterocycles. The number of nitrogens with zero attached hydrogens (tertiary/aromatic N) is 3. The summed E-state index contributed by atoms with van der Waals surface area (Å²) < 4.78 is 24.3. The Bertz CT molecular complexity index is 867. The summed E-state index contributed by atoms with van der Waals surface area (Å²) in [6.45, 7) is 1.58. The first-order chi connectivity index (χ1) is 11.5. The first-order valence-electron chi connectivity index (χ1n) is 7.04. The topological polar surface area (TPSA) is 91.3 Å². The molecule has 0 N–H and O–H groups in total. The highest BCUT2D eigenvalue weighted by atomic mass is 19.1. The van der Waals surface area contributed by atoms with Crippen molar-refractivity contribution < 1.29 is 18.5 Å². The molecular formula is C16H12FN3O4. The summed E-state index contributed by atoms with van der Waals surface area (Å²) in [6, 6.07) is 12.1. The van der Waals surface area contributed by atoms with Crippen LogP contribution in [0.3, 0.4) is 0 Å². The van der Waals surface area contributed by atoms with Gasteiger partial charge in [0.2, 0.25) is 11.6 Å². The van der Waals surface area contributed by atoms with Crippen LogP contribution in [0, 0.1) is 15.9 Å². The maximum atomic E-state index is 13.3. The highest BCUT2D eigenvalue weighted by Gasteiger charge is 2.22. The molecule has 24 heavy (non-hydrogen) atoms. The second-order valence-electron chi connectivity index (χ2n) is 4.94. The van der Waals surface area contributed by atoms with Gasteiger partial charge < -0.3 is 9.15 Å². The number of nitro groups is 1. The lowest BCUT2D eigenvalue weighted by atomic mass is 10.2. The molecule has 0 radical (unpaired) electrons. The number of hydrogen-bond acceptors (Lipinski definition) is 6. The smallest absolute Gasteiger partial charge is 0.311 e. The number of benzene rings is 2. The predicted octanol–water partition coefficient (Wildman–Crippen LogP) is 3.92. The Kier molecular flexibility index (Phi) is 4.19. The minimum Gasteiger partial charge on any atom is -0.474 e. The molecule has 3 aromatic rings. The van der Waals surface area contributed by atoms with Crippen LogP contribution in [0.1, 0.15) is 18.9 Å². The summed E-state index contributed by atoms with van der Waals surface area (Å²) >= 11 is 0. The van der Waals surface area contributed by atoms with E-state index in [1.807, 2.05) is 18.2 Å². The lowest BCUT2D eigenvalue weighted by molar-refractivity contribution is -0.386. The van der Waals surface area contributed by atoms with E-state index >= 15 is 0 Å². The minimum absolute atomic E-state index is 0.132. The Hall–Kier alpha value is -3.29. The average Bonchev–Trinajstić information content (AvgIpc) is 3.05. The molecule has 0 fully saturated rings. The van der Waals surface area contributed by atoms with Gasteiger partial charge in [-0.05, 0) is 25.1 Å². The Morgan fingerprint density at radius 3 is 2.67 bits per heavy atom. The van der Waals surface area contributed by atoms with Crippen LogP contribution in [0.15, 0.2) is 52.9 Å². The SMILES string of the molecule is C[C@H](Oc1cc(F)ccc1[N+](=O)[O-])c1nnc(-c2ccccc2)o1. The molecule has 7 nitrogen and oxygen atoms in total. The molecule has 0 unspecified atom stereocenters. The zero-order valence-electron chi connectivity index (χ0n) is 12.5. The first kappa shape index (κ1) is 15.6. The Morgan fingerprint density at radius 2 is 1.96 bits per heavy atom. The van der Waals surface area contributed by atoms with E-state index in [0.717, 1.165) is 23.8 Å². The van der Waals surface area contributed by atoms with E-state index in [4.69, 9.17) is 9.15 Å². The summed E-state index contributed by atoms with van der Waals surface area (Å²) in [5.74, 6) is -0.410. The molecule has 0 saturated heterocycles. The molecule has 0 spiro atoms. The molecule has 1 heterocycles. The zero-order valence-corrected chi connectivity index (χ0v) is 12.5. The van der Waals surface area contributed by atoms with Crippen molar-refractivity contribution in [3.05, 3.63) is 70.4 Å². The molecule has 0 aliphatic heterocycles. The van der Waals surface area contributed by atoms with Crippen LogP contribution in [0.25, 0.3) is 11.5 Å². The van der Waals surface area contributed by atoms with Crippen LogP contribution in [-0.4, -0.2) is 15.1 Å². The molecule has 0 amide bonds. The molecule has 0 aliphatic carbocycles. The van der Waals surface area contributed by atoms with Gasteiger partial charge >= 0.3 is 5.69 Å². The third-order valence-corrected chi connectivity index (χ3v) is 3.23. The van der Waals surface area contributed by atoms with Gasteiger partial charge in [-0.3, -0.25) is 10.1 Å². The highest BCUT2D eigenvalue weighted by Crippen LogP contribution is 2.32. The third-order valence-electron chi connectivity index (χ3n) is 3.23. The Morgan fingerprint density at radius 1 is 1.21 bits per heavy atom. The monoisotopic (exact) mass is 329 g/mol. The fourth-order valence-corrected chi connectivity index (χ4v) is 2.07. The van der Waals surface area contributed by atoms with Gasteiger partial charge in [0.15, 0.2) is 6.10 Å². The number of halogens is 1. The predicted molar refractivity (Wildman–Crippen MR) is 81.8 cm³/mol. The summed E-state index contributed by atoms with van der Waals surface area (Å²) in [7, 11) is 0. The number of nitro benzene ring substituents is 1. The summed E-state index contributed by atoms with van der Waals surface area (Å²) in [5, 5.41) is 18.8. The molecule has 0 saturated carbocycles. The molecular weight excluding hydrogens is 317 g/mol. The third kappa shape index (κ3) is 3.22. The van der Waals surface area contributed by atoms with E-state index in [-0.39, 0.29) is 17.3 Å². The average molecular weight is 329 g/mol. The van der Waals surface area contributed by atoms with Crippen molar-refractivity contribution >= 4 is 5.69 Å². The molecule has 0 aliphatic rings. The van der Waals surface area contributed by atoms with E-state index in [2.05, 4.69) is 10.2 Å². The fraction of sp³-hybridized carbons (Fsp3) is 0.125. The van der Waals surface area contributed by atoms with Gasteiger partial charge in [0, 0.05) is 17.7 Å². The second kappa shape index (κ2) is 6.45. The maximum absolute atomic E-state index is 13.3. The van der Waals surface area contributed by atoms with Gasteiger partial charge in [-0.15, -0.1) is 10.2 Å². The van der Waals surface area contributed by atoms with Crippen molar-refractivity contribution in [3.63, 3.8) is 0 Å². The number of aromatic nitrogens is 2. The highest BCUT2D eigenvalue weighted by molar-refractivity contribution is 5.51. The number of rotatable bonds is 5. The van der Waals surface area contributed by atoms with Crippen molar-refractivity contribution in [3.8, 4) is 17.2 Å². The molecule has 1 atom stereocenters. The van der Waals surface area contributed by atoms with Crippen molar-refractivity contribution in [2.75, 3.05) is 0 Å². The summed E-state index contributed by atoms with van der Waals surface area (Å²) in [6.07, 6.45) is -0.782. The number of hydrogen-bond donors (Lipinski definition) is 0. The van der Waals surface area contributed by atoms with Crippen LogP contribution in [0.4, 0.5) is 10.1 Å². The second-order valence-corrected chi connectivity index (χ2v) is 4.94. The molecule has 122 valence electrons. The van der Waals surface area contributed by atoms with Crippen molar-refractivity contribution in [1.82, 2.24) is 10.2 Å². The molecule has 0 bridgehead atoms. The maximum Gasteiger partial charge on any atom is 0.311 e. The van der Waals surface area contributed by atoms with E-state index in [9.17, 15) is 14.5 Å². The van der Waals surface area contributed by atoms with Gasteiger partial charge in [0.1, 0.15) is 5.82 Å². The lowest BCUT2D eigenvalue weighted by Gasteiger charge is -2.11. The van der Waals surface area contributed by atoms with Gasteiger partial charge in [0.25, 0.3) is 5.89 Å². The van der Waals surface area contributed by atoms with E-state index in [0.29, 0.717) is 5.89 Å². The minimum atomic E-state index is -0.782. The van der Waals surface area contributed by atoms with E-state index < -0.39 is 16.8 Å². The van der Waals surface area contributed by atoms with Gasteiger partial charge in [-0.1, -0.05) is 18.2 Å². The largest absolute Gasteiger partial charge is 0.474 e. The van der Waals surface area contributed by atoms with Crippen LogP contribution in [0.5, 0.6) is 5.75 Å². The summed E-state index contributed by atoms with van der Waals surface area (Å²) in [5.41, 5.74) is 0.395. The number of ether oxygens (including phenoxy) is 1. The Balaban J connectivity index is 1.84. The first-order valence-corrected chi connectivity index (χ1v) is 7.04. The van der Waals surface area contributed by atoms with E-state index in [1.54, 1.807) is 19.1 Å². The fourth-order valence-electron chi connectivity index (χ4n) is 2.07. The van der Waals surface area contributed by atoms with E-state index in [1.165, 1.54) is 0 Å². The normalized spacial score (nSPS) is 11.9. The summed E-state index contributed by atoms with van der Waals surface area (Å²) in [4.78, 5) is 10.3. The Labute approximate surface area is 135 Å². The van der Waals surface area contributed by atoms with Crippen LogP contribution in [0.2, 0.25) is 0 Å². The quantitative estimate of drug-likeness (QED) is 0.520.